The number of carbonyl (C=O) groups is 2. The summed E-state index contributed by atoms with van der Waals surface area (Å²) in [6.45, 7) is 0. The molecule has 4 rings (SSSR count). The third-order valence-electron chi connectivity index (χ3n) is 3.65. The molecule has 4 heteroatoms. The van der Waals surface area contributed by atoms with Gasteiger partial charge < -0.3 is 0 Å². The molecule has 21 heavy (non-hydrogen) atoms. The summed E-state index contributed by atoms with van der Waals surface area (Å²) < 4.78 is 0. The lowest BCUT2D eigenvalue weighted by atomic mass is 10.1. The topological polar surface area (TPSA) is 50.3 Å². The van der Waals surface area contributed by atoms with Crippen molar-refractivity contribution in [2.24, 2.45) is 0 Å². The van der Waals surface area contributed by atoms with Crippen LogP contribution in [0, 0.1) is 0 Å². The lowest BCUT2D eigenvalue weighted by molar-refractivity contribution is 0.0925. The number of fused-ring (bicyclic) bond motifs is 2. The molecule has 3 aromatic rings. The fourth-order valence-electron chi connectivity index (χ4n) is 2.69. The van der Waals surface area contributed by atoms with Crippen LogP contribution >= 0.6 is 0 Å². The number of carbonyl (C=O) groups excluding carboxylic acids is 2. The van der Waals surface area contributed by atoms with Crippen LogP contribution in [0.4, 0.5) is 5.69 Å². The summed E-state index contributed by atoms with van der Waals surface area (Å²) in [5.74, 6) is -0.689. The van der Waals surface area contributed by atoms with E-state index in [-0.39, 0.29) is 17.5 Å². The molecule has 2 heterocycles. The maximum Gasteiger partial charge on any atom is 0.284 e. The number of imide groups is 1. The van der Waals surface area contributed by atoms with Crippen LogP contribution in [0.5, 0.6) is 0 Å². The van der Waals surface area contributed by atoms with Crippen molar-refractivity contribution in [1.29, 1.82) is 0 Å². The second-order valence-corrected chi connectivity index (χ2v) is 4.84. The first kappa shape index (κ1) is 11.8. The molecule has 4 nitrogen and oxygen atoms in total. The van der Waals surface area contributed by atoms with Gasteiger partial charge in [-0.05, 0) is 23.6 Å². The van der Waals surface area contributed by atoms with E-state index < -0.39 is 0 Å². The normalized spacial score (nSPS) is 13.8. The highest BCUT2D eigenvalue weighted by atomic mass is 16.2. The lowest BCUT2D eigenvalue weighted by Gasteiger charge is -2.16. The number of benzene rings is 2. The van der Waals surface area contributed by atoms with E-state index in [9.17, 15) is 9.59 Å². The van der Waals surface area contributed by atoms with E-state index >= 15 is 0 Å². The first-order valence-corrected chi connectivity index (χ1v) is 6.59. The van der Waals surface area contributed by atoms with E-state index in [1.54, 1.807) is 18.2 Å². The zero-order chi connectivity index (χ0) is 14.4. The molecule has 1 aliphatic rings. The molecule has 0 radical (unpaired) electrons. The molecule has 0 fully saturated rings. The Morgan fingerprint density at radius 2 is 1.62 bits per heavy atom. The molecule has 0 unspecified atom stereocenters. The predicted molar refractivity (Wildman–Crippen MR) is 79.3 cm³/mol. The number of aromatic nitrogens is 1. The average Bonchev–Trinajstić information content (AvgIpc) is 2.79. The van der Waals surface area contributed by atoms with Gasteiger partial charge in [0.15, 0.2) is 0 Å². The van der Waals surface area contributed by atoms with E-state index in [0.717, 1.165) is 10.8 Å². The zero-order valence-electron chi connectivity index (χ0n) is 11.0. The van der Waals surface area contributed by atoms with Crippen molar-refractivity contribution in [1.82, 2.24) is 4.98 Å². The molecule has 2 amide bonds. The fraction of sp³-hybridized carbons (Fsp3) is 0. The monoisotopic (exact) mass is 274 g/mol. The van der Waals surface area contributed by atoms with Crippen LogP contribution in [0.25, 0.3) is 10.8 Å². The molecule has 0 atom stereocenters. The standard InChI is InChI=1S/C17H10N2O2/c20-16-13-8-4-10-18-15(13)17(21)19(16)14-9-3-6-11-5-1-2-7-12(11)14/h1-10H. The number of hydrogen-bond donors (Lipinski definition) is 0. The van der Waals surface area contributed by atoms with Gasteiger partial charge in [0.2, 0.25) is 0 Å². The van der Waals surface area contributed by atoms with Crippen molar-refractivity contribution in [2.45, 2.75) is 0 Å². The number of anilines is 1. The van der Waals surface area contributed by atoms with Crippen LogP contribution in [-0.2, 0) is 0 Å². The molecule has 1 aromatic heterocycles. The highest BCUT2D eigenvalue weighted by Gasteiger charge is 2.38. The summed E-state index contributed by atoms with van der Waals surface area (Å²) in [6.07, 6.45) is 1.52. The quantitative estimate of drug-likeness (QED) is 0.641. The van der Waals surface area contributed by atoms with Gasteiger partial charge in [-0.2, -0.15) is 0 Å². The third kappa shape index (κ3) is 1.59. The minimum Gasteiger partial charge on any atom is -0.268 e. The van der Waals surface area contributed by atoms with Crippen LogP contribution in [0.3, 0.4) is 0 Å². The Kier molecular flexibility index (Phi) is 2.38. The Balaban J connectivity index is 1.95. The summed E-state index contributed by atoms with van der Waals surface area (Å²) in [5, 5.41) is 1.86. The van der Waals surface area contributed by atoms with E-state index in [0.29, 0.717) is 11.3 Å². The van der Waals surface area contributed by atoms with Crippen LogP contribution in [0.1, 0.15) is 20.8 Å². The van der Waals surface area contributed by atoms with Crippen molar-refractivity contribution < 1.29 is 9.59 Å². The van der Waals surface area contributed by atoms with E-state index in [1.165, 1.54) is 11.1 Å². The Labute approximate surface area is 120 Å². The van der Waals surface area contributed by atoms with Gasteiger partial charge in [-0.15, -0.1) is 0 Å². The van der Waals surface area contributed by atoms with Crippen molar-refractivity contribution in [3.8, 4) is 0 Å². The summed E-state index contributed by atoms with van der Waals surface area (Å²) in [6, 6.07) is 16.5. The van der Waals surface area contributed by atoms with Gasteiger partial charge in [0.05, 0.1) is 11.3 Å². The second kappa shape index (κ2) is 4.24. The van der Waals surface area contributed by atoms with Crippen molar-refractivity contribution in [2.75, 3.05) is 4.90 Å². The number of nitrogens with zero attached hydrogens (tertiary/aromatic N) is 2. The second-order valence-electron chi connectivity index (χ2n) is 4.84. The van der Waals surface area contributed by atoms with Gasteiger partial charge in [-0.25, -0.2) is 4.90 Å². The first-order chi connectivity index (χ1) is 10.3. The molecule has 2 aromatic carbocycles. The van der Waals surface area contributed by atoms with Crippen LogP contribution < -0.4 is 4.90 Å². The number of pyridine rings is 1. The molecule has 0 aliphatic carbocycles. The van der Waals surface area contributed by atoms with Gasteiger partial charge in [-0.3, -0.25) is 14.6 Å². The van der Waals surface area contributed by atoms with Gasteiger partial charge in [0.1, 0.15) is 5.69 Å². The molecule has 0 N–H and O–H groups in total. The SMILES string of the molecule is O=C1c2cccnc2C(=O)N1c1cccc2ccccc12. The molecule has 0 saturated heterocycles. The van der Waals surface area contributed by atoms with E-state index in [1.807, 2.05) is 36.4 Å². The van der Waals surface area contributed by atoms with Crippen molar-refractivity contribution in [3.63, 3.8) is 0 Å². The Bertz CT molecular complexity index is 862. The lowest BCUT2D eigenvalue weighted by Crippen LogP contribution is -2.29. The van der Waals surface area contributed by atoms with Crippen LogP contribution in [0.2, 0.25) is 0 Å². The van der Waals surface area contributed by atoms with Gasteiger partial charge in [0.25, 0.3) is 11.8 Å². The first-order valence-electron chi connectivity index (χ1n) is 6.59. The molecular weight excluding hydrogens is 264 g/mol. The van der Waals surface area contributed by atoms with Crippen LogP contribution in [0.15, 0.2) is 60.8 Å². The maximum absolute atomic E-state index is 12.5. The van der Waals surface area contributed by atoms with Gasteiger partial charge in [0, 0.05) is 11.6 Å². The Hall–Kier alpha value is -3.01. The highest BCUT2D eigenvalue weighted by molar-refractivity contribution is 6.35. The number of hydrogen-bond acceptors (Lipinski definition) is 3. The minimum atomic E-state index is -0.369. The third-order valence-corrected chi connectivity index (χ3v) is 3.65. The van der Waals surface area contributed by atoms with Gasteiger partial charge in [-0.1, -0.05) is 36.4 Å². The highest BCUT2D eigenvalue weighted by Crippen LogP contribution is 2.32. The molecular formula is C17H10N2O2. The number of amides is 2. The molecule has 0 spiro atoms. The fourth-order valence-corrected chi connectivity index (χ4v) is 2.69. The van der Waals surface area contributed by atoms with Crippen molar-refractivity contribution in [3.05, 3.63) is 72.1 Å². The Morgan fingerprint density at radius 3 is 2.48 bits per heavy atom. The predicted octanol–water partition coefficient (Wildman–Crippen LogP) is 3.04. The smallest absolute Gasteiger partial charge is 0.268 e. The van der Waals surface area contributed by atoms with Crippen molar-refractivity contribution >= 4 is 28.3 Å². The molecule has 100 valence electrons. The van der Waals surface area contributed by atoms with Gasteiger partial charge >= 0.3 is 0 Å². The molecule has 1 aliphatic heterocycles. The minimum absolute atomic E-state index is 0.218. The summed E-state index contributed by atoms with van der Waals surface area (Å²) in [7, 11) is 0. The van der Waals surface area contributed by atoms with E-state index in [2.05, 4.69) is 4.98 Å². The zero-order valence-corrected chi connectivity index (χ0v) is 11.0. The summed E-state index contributed by atoms with van der Waals surface area (Å²) in [4.78, 5) is 30.3. The maximum atomic E-state index is 12.5. The largest absolute Gasteiger partial charge is 0.284 e. The Morgan fingerprint density at radius 1 is 0.810 bits per heavy atom. The average molecular weight is 274 g/mol. The van der Waals surface area contributed by atoms with E-state index in [4.69, 9.17) is 0 Å². The summed E-state index contributed by atoms with van der Waals surface area (Å²) in [5.41, 5.74) is 1.17. The number of rotatable bonds is 1. The van der Waals surface area contributed by atoms with Crippen LogP contribution in [-0.4, -0.2) is 16.8 Å². The summed E-state index contributed by atoms with van der Waals surface area (Å²) >= 11 is 0. The molecule has 0 saturated carbocycles. The molecule has 0 bridgehead atoms.